The van der Waals surface area contributed by atoms with E-state index in [1.807, 2.05) is 6.21 Å². The molecule has 4 nitrogen and oxygen atoms in total. The van der Waals surface area contributed by atoms with Gasteiger partial charge >= 0.3 is 0 Å². The van der Waals surface area contributed by atoms with Crippen molar-refractivity contribution in [3.63, 3.8) is 0 Å². The molecule has 1 aromatic heterocycles. The molecule has 1 heterocycles. The largest absolute Gasteiger partial charge is 0.250 e. The number of fused-ring (bicyclic) bond motifs is 2. The molecule has 0 saturated carbocycles. The summed E-state index contributed by atoms with van der Waals surface area (Å²) in [6.45, 7) is 6.62. The first-order chi connectivity index (χ1) is 15.4. The van der Waals surface area contributed by atoms with Crippen LogP contribution in [0, 0.1) is 4.77 Å². The zero-order valence-electron chi connectivity index (χ0n) is 18.3. The molecule has 0 saturated heterocycles. The molecule has 0 fully saturated rings. The van der Waals surface area contributed by atoms with E-state index >= 15 is 0 Å². The summed E-state index contributed by atoms with van der Waals surface area (Å²) in [7, 11) is 0. The fourth-order valence-electron chi connectivity index (χ4n) is 4.01. The van der Waals surface area contributed by atoms with E-state index in [4.69, 9.17) is 17.3 Å². The molecular formula is C27H24N4S. The molecule has 4 aromatic carbocycles. The number of rotatable bonds is 3. The molecule has 5 heteroatoms. The average Bonchev–Trinajstić information content (AvgIpc) is 3.16. The fourth-order valence-corrected chi connectivity index (χ4v) is 4.19. The summed E-state index contributed by atoms with van der Waals surface area (Å²) in [6, 6.07) is 27.4. The Morgan fingerprint density at radius 2 is 1.47 bits per heavy atom. The monoisotopic (exact) mass is 436 g/mol. The molecule has 158 valence electrons. The van der Waals surface area contributed by atoms with Crippen LogP contribution in [0.15, 0.2) is 84.0 Å². The van der Waals surface area contributed by atoms with Crippen molar-refractivity contribution < 1.29 is 0 Å². The van der Waals surface area contributed by atoms with Gasteiger partial charge in [-0.1, -0.05) is 93.6 Å². The Hall–Kier alpha value is -3.57. The summed E-state index contributed by atoms with van der Waals surface area (Å²) >= 11 is 5.50. The highest BCUT2D eigenvalue weighted by Crippen LogP contribution is 2.28. The third-order valence-corrected chi connectivity index (χ3v) is 6.04. The summed E-state index contributed by atoms with van der Waals surface area (Å²) in [6.07, 6.45) is 1.89. The molecule has 0 atom stereocenters. The summed E-state index contributed by atoms with van der Waals surface area (Å²) in [5.41, 5.74) is 3.39. The smallest absolute Gasteiger partial charge is 0.216 e. The van der Waals surface area contributed by atoms with Gasteiger partial charge in [0.05, 0.1) is 6.21 Å². The van der Waals surface area contributed by atoms with Gasteiger partial charge in [0.25, 0.3) is 0 Å². The van der Waals surface area contributed by atoms with Gasteiger partial charge in [-0.15, -0.1) is 0 Å². The number of nitrogens with zero attached hydrogens (tertiary/aromatic N) is 3. The van der Waals surface area contributed by atoms with Gasteiger partial charge in [0.2, 0.25) is 4.77 Å². The highest BCUT2D eigenvalue weighted by Gasteiger charge is 2.15. The number of aromatic amines is 1. The zero-order valence-corrected chi connectivity index (χ0v) is 19.1. The zero-order chi connectivity index (χ0) is 22.3. The van der Waals surface area contributed by atoms with Crippen molar-refractivity contribution in [3.05, 3.63) is 94.8 Å². The van der Waals surface area contributed by atoms with Crippen molar-refractivity contribution in [2.45, 2.75) is 26.2 Å². The van der Waals surface area contributed by atoms with Crippen LogP contribution in [0.4, 0.5) is 0 Å². The van der Waals surface area contributed by atoms with Crippen molar-refractivity contribution >= 4 is 40.0 Å². The maximum absolute atomic E-state index is 5.50. The van der Waals surface area contributed by atoms with E-state index in [-0.39, 0.29) is 5.41 Å². The minimum Gasteiger partial charge on any atom is -0.250 e. The van der Waals surface area contributed by atoms with E-state index in [1.165, 1.54) is 16.3 Å². The summed E-state index contributed by atoms with van der Waals surface area (Å²) in [5.74, 6) is 0.691. The lowest BCUT2D eigenvalue weighted by Gasteiger charge is -2.18. The fraction of sp³-hybridized carbons (Fsp3) is 0.148. The van der Waals surface area contributed by atoms with E-state index in [0.29, 0.717) is 10.6 Å². The van der Waals surface area contributed by atoms with Gasteiger partial charge in [-0.2, -0.15) is 14.9 Å². The van der Waals surface area contributed by atoms with Crippen molar-refractivity contribution in [1.29, 1.82) is 0 Å². The number of hydrogen-bond acceptors (Lipinski definition) is 3. The number of aromatic nitrogens is 3. The Morgan fingerprint density at radius 3 is 2.06 bits per heavy atom. The van der Waals surface area contributed by atoms with Gasteiger partial charge < -0.3 is 0 Å². The summed E-state index contributed by atoms with van der Waals surface area (Å²) < 4.78 is 2.15. The molecule has 0 aliphatic carbocycles. The van der Waals surface area contributed by atoms with Crippen LogP contribution in [-0.4, -0.2) is 21.1 Å². The summed E-state index contributed by atoms with van der Waals surface area (Å²) in [4.78, 5) is 0. The van der Waals surface area contributed by atoms with Crippen LogP contribution in [-0.2, 0) is 5.41 Å². The Labute approximate surface area is 192 Å². The van der Waals surface area contributed by atoms with E-state index in [0.717, 1.165) is 21.9 Å². The molecule has 1 N–H and O–H groups in total. The second-order valence-electron chi connectivity index (χ2n) is 8.97. The first-order valence-corrected chi connectivity index (χ1v) is 11.1. The van der Waals surface area contributed by atoms with Gasteiger partial charge in [0, 0.05) is 11.1 Å². The molecule has 5 aromatic rings. The maximum atomic E-state index is 5.50. The third kappa shape index (κ3) is 3.65. The average molecular weight is 437 g/mol. The third-order valence-electron chi connectivity index (χ3n) is 5.77. The van der Waals surface area contributed by atoms with Crippen molar-refractivity contribution in [2.75, 3.05) is 0 Å². The van der Waals surface area contributed by atoms with Crippen LogP contribution in [0.5, 0.6) is 0 Å². The summed E-state index contributed by atoms with van der Waals surface area (Å²) in [5, 5.41) is 16.8. The van der Waals surface area contributed by atoms with Gasteiger partial charge in [-0.3, -0.25) is 0 Å². The Kier molecular flexibility index (Phi) is 4.98. The van der Waals surface area contributed by atoms with Gasteiger partial charge in [0.1, 0.15) is 0 Å². The van der Waals surface area contributed by atoms with Crippen LogP contribution in [0.25, 0.3) is 32.9 Å². The molecule has 5 rings (SSSR count). The van der Waals surface area contributed by atoms with Crippen molar-refractivity contribution in [2.24, 2.45) is 5.10 Å². The highest BCUT2D eigenvalue weighted by atomic mass is 32.1. The predicted octanol–water partition coefficient (Wildman–Crippen LogP) is 7.09. The SMILES string of the molecule is CC(C)(C)c1ccc(-c2n[nH]c(=S)n2/N=C/c2c3ccccc3cc3ccccc23)cc1. The number of nitrogens with one attached hydrogen (secondary N) is 1. The number of benzene rings is 4. The van der Waals surface area contributed by atoms with Crippen LogP contribution in [0.3, 0.4) is 0 Å². The maximum Gasteiger partial charge on any atom is 0.216 e. The topological polar surface area (TPSA) is 46.0 Å². The lowest BCUT2D eigenvalue weighted by Crippen LogP contribution is -2.10. The van der Waals surface area contributed by atoms with E-state index in [1.54, 1.807) is 4.68 Å². The van der Waals surface area contributed by atoms with Gasteiger partial charge in [-0.05, 0) is 50.8 Å². The van der Waals surface area contributed by atoms with Crippen LogP contribution in [0.2, 0.25) is 0 Å². The molecule has 0 unspecified atom stereocenters. The predicted molar refractivity (Wildman–Crippen MR) is 136 cm³/mol. The first kappa shape index (κ1) is 20.3. The second kappa shape index (κ2) is 7.84. The van der Waals surface area contributed by atoms with E-state index in [2.05, 4.69) is 110 Å². The molecular weight excluding hydrogens is 412 g/mol. The van der Waals surface area contributed by atoms with Crippen molar-refractivity contribution in [1.82, 2.24) is 14.9 Å². The Morgan fingerprint density at radius 1 is 0.875 bits per heavy atom. The van der Waals surface area contributed by atoms with Crippen LogP contribution < -0.4 is 0 Å². The van der Waals surface area contributed by atoms with Gasteiger partial charge in [0.15, 0.2) is 5.82 Å². The first-order valence-electron chi connectivity index (χ1n) is 10.6. The van der Waals surface area contributed by atoms with Crippen LogP contribution >= 0.6 is 12.2 Å². The molecule has 0 aliphatic rings. The minimum atomic E-state index is 0.0941. The lowest BCUT2D eigenvalue weighted by atomic mass is 9.87. The normalized spacial score (nSPS) is 12.2. The molecule has 0 aliphatic heterocycles. The number of H-pyrrole nitrogens is 1. The molecule has 32 heavy (non-hydrogen) atoms. The van der Waals surface area contributed by atoms with E-state index in [9.17, 15) is 0 Å². The standard InChI is InChI=1S/C27H24N4S/c1-27(2,3)21-14-12-18(13-15-21)25-29-30-26(32)31(25)28-17-24-22-10-6-4-8-19(22)16-20-9-5-7-11-23(20)24/h4-17H,1-3H3,(H,30,32)/b28-17+. The van der Waals surface area contributed by atoms with Crippen LogP contribution in [0.1, 0.15) is 31.9 Å². The Bertz CT molecular complexity index is 1460. The molecule has 0 bridgehead atoms. The van der Waals surface area contributed by atoms with Crippen molar-refractivity contribution in [3.8, 4) is 11.4 Å². The number of hydrogen-bond donors (Lipinski definition) is 1. The van der Waals surface area contributed by atoms with E-state index < -0.39 is 0 Å². The highest BCUT2D eigenvalue weighted by molar-refractivity contribution is 7.71. The molecule has 0 radical (unpaired) electrons. The quantitative estimate of drug-likeness (QED) is 0.186. The minimum absolute atomic E-state index is 0.0941. The molecule has 0 amide bonds. The molecule has 0 spiro atoms. The lowest BCUT2D eigenvalue weighted by molar-refractivity contribution is 0.590. The Balaban J connectivity index is 1.63. The van der Waals surface area contributed by atoms with Gasteiger partial charge in [-0.25, -0.2) is 5.10 Å². The second-order valence-corrected chi connectivity index (χ2v) is 9.36.